The maximum Gasteiger partial charge on any atom is 0.290 e. The SMILES string of the molecule is N#Cc1cc(Cl)c2[nH]c(=O)c(O)cc2c1. The first-order valence-electron chi connectivity index (χ1n) is 4.07. The average molecular weight is 221 g/mol. The van der Waals surface area contributed by atoms with Crippen LogP contribution in [0.25, 0.3) is 10.9 Å². The number of fused-ring (bicyclic) bond motifs is 1. The lowest BCUT2D eigenvalue weighted by molar-refractivity contribution is 0.468. The van der Waals surface area contributed by atoms with Crippen LogP contribution in [0.3, 0.4) is 0 Å². The molecule has 0 saturated carbocycles. The standard InChI is InChI=1S/C10H5ClN2O2/c11-7-2-5(4-12)1-6-3-8(14)10(15)13-9(6)7/h1-3,14H,(H,13,15). The number of aromatic hydroxyl groups is 1. The molecule has 0 radical (unpaired) electrons. The summed E-state index contributed by atoms with van der Waals surface area (Å²) in [6, 6.07) is 6.21. The van der Waals surface area contributed by atoms with E-state index in [1.807, 2.05) is 6.07 Å². The van der Waals surface area contributed by atoms with Gasteiger partial charge in [0.15, 0.2) is 5.75 Å². The highest BCUT2D eigenvalue weighted by atomic mass is 35.5. The molecule has 0 amide bonds. The zero-order valence-corrected chi connectivity index (χ0v) is 8.17. The van der Waals surface area contributed by atoms with Crippen LogP contribution in [0.1, 0.15) is 5.56 Å². The minimum Gasteiger partial charge on any atom is -0.503 e. The van der Waals surface area contributed by atoms with Crippen LogP contribution < -0.4 is 5.56 Å². The summed E-state index contributed by atoms with van der Waals surface area (Å²) in [5.41, 5.74) is 0.187. The highest BCUT2D eigenvalue weighted by molar-refractivity contribution is 6.35. The first kappa shape index (κ1) is 9.56. The molecule has 0 unspecified atom stereocenters. The van der Waals surface area contributed by atoms with Crippen LogP contribution in [0.2, 0.25) is 5.02 Å². The van der Waals surface area contributed by atoms with E-state index in [1.54, 1.807) is 0 Å². The third kappa shape index (κ3) is 1.53. The monoisotopic (exact) mass is 220 g/mol. The molecule has 0 saturated heterocycles. The number of benzene rings is 1. The number of rotatable bonds is 0. The van der Waals surface area contributed by atoms with E-state index in [4.69, 9.17) is 16.9 Å². The minimum absolute atomic E-state index is 0.279. The fraction of sp³-hybridized carbons (Fsp3) is 0. The lowest BCUT2D eigenvalue weighted by Crippen LogP contribution is -2.04. The van der Waals surface area contributed by atoms with E-state index in [2.05, 4.69) is 4.98 Å². The second-order valence-electron chi connectivity index (χ2n) is 3.02. The maximum atomic E-state index is 11.1. The van der Waals surface area contributed by atoms with E-state index in [-0.39, 0.29) is 5.02 Å². The molecule has 2 N–H and O–H groups in total. The fourth-order valence-corrected chi connectivity index (χ4v) is 1.60. The smallest absolute Gasteiger partial charge is 0.290 e. The van der Waals surface area contributed by atoms with E-state index in [1.165, 1.54) is 18.2 Å². The van der Waals surface area contributed by atoms with E-state index in [0.717, 1.165) is 0 Å². The Labute approximate surface area is 89.3 Å². The number of H-pyrrole nitrogens is 1. The van der Waals surface area contributed by atoms with Crippen molar-refractivity contribution in [1.29, 1.82) is 5.26 Å². The molecular weight excluding hydrogens is 216 g/mol. The number of aromatic amines is 1. The number of nitrogens with zero attached hydrogens (tertiary/aromatic N) is 1. The van der Waals surface area contributed by atoms with Crippen LogP contribution >= 0.6 is 11.6 Å². The topological polar surface area (TPSA) is 76.9 Å². The van der Waals surface area contributed by atoms with Crippen molar-refractivity contribution in [1.82, 2.24) is 4.98 Å². The third-order valence-corrected chi connectivity index (χ3v) is 2.31. The molecule has 2 aromatic rings. The van der Waals surface area contributed by atoms with E-state index >= 15 is 0 Å². The lowest BCUT2D eigenvalue weighted by atomic mass is 10.1. The molecule has 0 atom stereocenters. The van der Waals surface area contributed by atoms with Crippen molar-refractivity contribution >= 4 is 22.5 Å². The highest BCUT2D eigenvalue weighted by Crippen LogP contribution is 2.23. The Balaban J connectivity index is 2.94. The predicted molar refractivity (Wildman–Crippen MR) is 56.0 cm³/mol. The first-order chi connectivity index (χ1) is 7.11. The van der Waals surface area contributed by atoms with Crippen molar-refractivity contribution in [2.75, 3.05) is 0 Å². The molecule has 4 nitrogen and oxygen atoms in total. The number of halogens is 1. The molecule has 2 rings (SSSR count). The van der Waals surface area contributed by atoms with Crippen LogP contribution in [0.4, 0.5) is 0 Å². The second kappa shape index (κ2) is 3.30. The third-order valence-electron chi connectivity index (χ3n) is 2.01. The van der Waals surface area contributed by atoms with Gasteiger partial charge in [-0.25, -0.2) is 0 Å². The van der Waals surface area contributed by atoms with Crippen molar-refractivity contribution in [3.8, 4) is 11.8 Å². The van der Waals surface area contributed by atoms with Crippen molar-refractivity contribution in [2.24, 2.45) is 0 Å². The predicted octanol–water partition coefficient (Wildman–Crippen LogP) is 1.76. The van der Waals surface area contributed by atoms with Crippen LogP contribution in [0, 0.1) is 11.3 Å². The molecule has 0 aliphatic rings. The number of hydrogen-bond donors (Lipinski definition) is 2. The Morgan fingerprint density at radius 3 is 2.80 bits per heavy atom. The number of pyridine rings is 1. The van der Waals surface area contributed by atoms with Gasteiger partial charge in [-0.3, -0.25) is 4.79 Å². The summed E-state index contributed by atoms with van der Waals surface area (Å²) in [5, 5.41) is 18.7. The van der Waals surface area contributed by atoms with Crippen molar-refractivity contribution in [3.63, 3.8) is 0 Å². The fourth-order valence-electron chi connectivity index (χ4n) is 1.33. The highest BCUT2D eigenvalue weighted by Gasteiger charge is 2.06. The summed E-state index contributed by atoms with van der Waals surface area (Å²) in [5.74, 6) is -0.395. The van der Waals surface area contributed by atoms with Crippen molar-refractivity contribution in [2.45, 2.75) is 0 Å². The Bertz CT molecular complexity index is 640. The summed E-state index contributed by atoms with van der Waals surface area (Å²) in [6.07, 6.45) is 0. The van der Waals surface area contributed by atoms with E-state index < -0.39 is 11.3 Å². The Morgan fingerprint density at radius 1 is 1.40 bits per heavy atom. The second-order valence-corrected chi connectivity index (χ2v) is 3.43. The normalized spacial score (nSPS) is 10.1. The number of nitriles is 1. The molecule has 1 aromatic carbocycles. The summed E-state index contributed by atoms with van der Waals surface area (Å²) in [4.78, 5) is 13.5. The number of hydrogen-bond acceptors (Lipinski definition) is 3. The largest absolute Gasteiger partial charge is 0.503 e. The first-order valence-corrected chi connectivity index (χ1v) is 4.45. The quantitative estimate of drug-likeness (QED) is 0.710. The van der Waals surface area contributed by atoms with Gasteiger partial charge in [0.05, 0.1) is 22.2 Å². The van der Waals surface area contributed by atoms with Gasteiger partial charge in [0.1, 0.15) is 0 Å². The van der Waals surface area contributed by atoms with E-state index in [9.17, 15) is 9.90 Å². The van der Waals surface area contributed by atoms with Crippen molar-refractivity contribution in [3.05, 3.63) is 39.1 Å². The van der Waals surface area contributed by atoms with Crippen molar-refractivity contribution < 1.29 is 5.11 Å². The zero-order valence-electron chi connectivity index (χ0n) is 7.41. The van der Waals surface area contributed by atoms with Gasteiger partial charge in [0.25, 0.3) is 5.56 Å². The van der Waals surface area contributed by atoms with Crippen LogP contribution in [-0.2, 0) is 0 Å². The molecule has 0 spiro atoms. The number of nitrogens with one attached hydrogen (secondary N) is 1. The molecule has 0 fully saturated rings. The van der Waals surface area contributed by atoms with E-state index in [0.29, 0.717) is 16.5 Å². The Morgan fingerprint density at radius 2 is 2.13 bits per heavy atom. The Hall–Kier alpha value is -1.99. The maximum absolute atomic E-state index is 11.1. The molecule has 0 aliphatic carbocycles. The molecular formula is C10H5ClN2O2. The molecule has 1 aromatic heterocycles. The van der Waals surface area contributed by atoms with Gasteiger partial charge < -0.3 is 10.1 Å². The van der Waals surface area contributed by atoms with Crippen LogP contribution in [0.5, 0.6) is 5.75 Å². The van der Waals surface area contributed by atoms with Gasteiger partial charge >= 0.3 is 0 Å². The molecule has 1 heterocycles. The van der Waals surface area contributed by atoms with Gasteiger partial charge in [0.2, 0.25) is 0 Å². The van der Waals surface area contributed by atoms with Crippen LogP contribution in [-0.4, -0.2) is 10.1 Å². The average Bonchev–Trinajstić information content (AvgIpc) is 2.21. The molecule has 0 aliphatic heterocycles. The van der Waals surface area contributed by atoms with Crippen LogP contribution in [0.15, 0.2) is 23.0 Å². The molecule has 15 heavy (non-hydrogen) atoms. The summed E-state index contributed by atoms with van der Waals surface area (Å²) >= 11 is 5.86. The zero-order chi connectivity index (χ0) is 11.0. The minimum atomic E-state index is -0.603. The van der Waals surface area contributed by atoms with Gasteiger partial charge in [-0.05, 0) is 18.2 Å². The van der Waals surface area contributed by atoms with Gasteiger partial charge in [-0.2, -0.15) is 5.26 Å². The van der Waals surface area contributed by atoms with Gasteiger partial charge in [0, 0.05) is 5.39 Å². The van der Waals surface area contributed by atoms with Gasteiger partial charge in [-0.15, -0.1) is 0 Å². The summed E-state index contributed by atoms with van der Waals surface area (Å²) in [6.45, 7) is 0. The Kier molecular flexibility index (Phi) is 2.10. The lowest BCUT2D eigenvalue weighted by Gasteiger charge is -2.01. The summed E-state index contributed by atoms with van der Waals surface area (Å²) in [7, 11) is 0. The van der Waals surface area contributed by atoms with Gasteiger partial charge in [-0.1, -0.05) is 11.6 Å². The number of aromatic nitrogens is 1. The molecule has 0 bridgehead atoms. The summed E-state index contributed by atoms with van der Waals surface area (Å²) < 4.78 is 0. The molecule has 74 valence electrons. The molecule has 5 heteroatoms.